The number of carbonyl (C=O) groups is 2. The molecule has 1 aromatic carbocycles. The molecule has 2 amide bonds. The lowest BCUT2D eigenvalue weighted by atomic mass is 10.0. The Labute approximate surface area is 185 Å². The van der Waals surface area contributed by atoms with E-state index in [2.05, 4.69) is 15.3 Å². The lowest BCUT2D eigenvalue weighted by Gasteiger charge is -2.39. The van der Waals surface area contributed by atoms with Gasteiger partial charge >= 0.3 is 6.09 Å². The second kappa shape index (κ2) is 8.08. The molecule has 1 fully saturated rings. The first-order valence-corrected chi connectivity index (χ1v) is 10.3. The highest BCUT2D eigenvalue weighted by Crippen LogP contribution is 2.33. The normalized spacial score (nSPS) is 18.9. The third kappa shape index (κ3) is 4.87. The Hall–Kier alpha value is -2.31. The van der Waals surface area contributed by atoms with Gasteiger partial charge in [-0.1, -0.05) is 0 Å². The van der Waals surface area contributed by atoms with Crippen LogP contribution in [0.1, 0.15) is 37.6 Å². The minimum absolute atomic E-state index is 0.117. The average molecular weight is 533 g/mol. The van der Waals surface area contributed by atoms with Crippen molar-refractivity contribution in [3.8, 4) is 0 Å². The van der Waals surface area contributed by atoms with E-state index in [0.29, 0.717) is 8.96 Å². The lowest BCUT2D eigenvalue weighted by Crippen LogP contribution is -2.56. The molecule has 2 aromatic rings. The number of alkyl halides is 2. The molecule has 0 unspecified atom stereocenters. The van der Waals surface area contributed by atoms with Gasteiger partial charge in [0, 0.05) is 21.9 Å². The summed E-state index contributed by atoms with van der Waals surface area (Å²) in [4.78, 5) is 33.5. The number of benzene rings is 1. The van der Waals surface area contributed by atoms with Crippen LogP contribution in [0.2, 0.25) is 0 Å². The molecule has 1 aromatic heterocycles. The number of halogens is 3. The van der Waals surface area contributed by atoms with Gasteiger partial charge in [0.05, 0.1) is 17.6 Å². The molecule has 3 rings (SSSR count). The highest BCUT2D eigenvalue weighted by molar-refractivity contribution is 14.1. The van der Waals surface area contributed by atoms with Crippen LogP contribution in [-0.2, 0) is 4.74 Å². The van der Waals surface area contributed by atoms with Crippen LogP contribution in [-0.4, -0.2) is 57.5 Å². The van der Waals surface area contributed by atoms with Gasteiger partial charge in [-0.05, 0) is 55.5 Å². The molecule has 0 saturated carbocycles. The number of rotatable bonds is 3. The summed E-state index contributed by atoms with van der Waals surface area (Å²) >= 11 is 2.00. The summed E-state index contributed by atoms with van der Waals surface area (Å²) in [5.41, 5.74) is 5.14. The molecule has 1 aliphatic heterocycles. The molecule has 162 valence electrons. The summed E-state index contributed by atoms with van der Waals surface area (Å²) in [6.45, 7) is 4.76. The molecule has 3 N–H and O–H groups in total. The molecule has 30 heavy (non-hydrogen) atoms. The van der Waals surface area contributed by atoms with Crippen molar-refractivity contribution in [3.63, 3.8) is 0 Å². The Bertz CT molecular complexity index is 996. The number of primary amides is 1. The maximum atomic E-state index is 14.7. The van der Waals surface area contributed by atoms with Crippen LogP contribution in [0.25, 0.3) is 10.9 Å². The van der Waals surface area contributed by atoms with Crippen molar-refractivity contribution >= 4 is 51.3 Å². The fraction of sp³-hybridized carbons (Fsp3) is 0.474. The first-order valence-electron chi connectivity index (χ1n) is 9.24. The van der Waals surface area contributed by atoms with E-state index in [1.54, 1.807) is 32.9 Å². The molecule has 8 nitrogen and oxygen atoms in total. The smallest absolute Gasteiger partial charge is 0.410 e. The van der Waals surface area contributed by atoms with Gasteiger partial charge in [0.1, 0.15) is 23.8 Å². The number of amides is 2. The molecule has 1 saturated heterocycles. The second-order valence-electron chi connectivity index (χ2n) is 8.07. The van der Waals surface area contributed by atoms with Crippen molar-refractivity contribution in [2.45, 2.75) is 44.8 Å². The van der Waals surface area contributed by atoms with Crippen molar-refractivity contribution in [1.82, 2.24) is 14.9 Å². The van der Waals surface area contributed by atoms with Crippen molar-refractivity contribution in [2.75, 3.05) is 18.4 Å². The van der Waals surface area contributed by atoms with Crippen LogP contribution < -0.4 is 11.1 Å². The van der Waals surface area contributed by atoms with Crippen molar-refractivity contribution in [1.29, 1.82) is 0 Å². The zero-order chi connectivity index (χ0) is 22.3. The Morgan fingerprint density at radius 2 is 2.03 bits per heavy atom. The quantitative estimate of drug-likeness (QED) is 0.586. The fourth-order valence-electron chi connectivity index (χ4n) is 3.15. The van der Waals surface area contributed by atoms with E-state index in [1.807, 2.05) is 22.6 Å². The number of anilines is 1. The standard InChI is InChI=1S/C19H22F2IN5O3/c1-18(2,3)30-17(29)27-5-4-19(20,21)13(8-27)26-16-12-7-10(22)6-11(15(23)28)14(12)24-9-25-16/h6-7,9,13H,4-5,8H2,1-3H3,(H2,23,28)(H,24,25,26)/t13-/m1/s1. The summed E-state index contributed by atoms with van der Waals surface area (Å²) in [6, 6.07) is 1.85. The number of hydrogen-bond donors (Lipinski definition) is 2. The van der Waals surface area contributed by atoms with Crippen LogP contribution in [0.15, 0.2) is 18.5 Å². The minimum atomic E-state index is -3.08. The molecule has 0 aliphatic carbocycles. The second-order valence-corrected chi connectivity index (χ2v) is 9.32. The first-order chi connectivity index (χ1) is 13.9. The molecule has 0 spiro atoms. The number of aromatic nitrogens is 2. The van der Waals surface area contributed by atoms with Crippen molar-refractivity contribution in [2.24, 2.45) is 5.73 Å². The number of nitrogens with zero attached hydrogens (tertiary/aromatic N) is 3. The van der Waals surface area contributed by atoms with Gasteiger partial charge in [0.15, 0.2) is 0 Å². The third-order valence-corrected chi connectivity index (χ3v) is 5.18. The number of fused-ring (bicyclic) bond motifs is 1. The van der Waals surface area contributed by atoms with Gasteiger partial charge in [0.25, 0.3) is 11.8 Å². The van der Waals surface area contributed by atoms with E-state index in [4.69, 9.17) is 10.5 Å². The van der Waals surface area contributed by atoms with Gasteiger partial charge in [-0.2, -0.15) is 0 Å². The van der Waals surface area contributed by atoms with E-state index < -0.39 is 36.0 Å². The Balaban J connectivity index is 1.92. The van der Waals surface area contributed by atoms with Gasteiger partial charge in [-0.25, -0.2) is 23.5 Å². The maximum Gasteiger partial charge on any atom is 0.410 e. The average Bonchev–Trinajstić information content (AvgIpc) is 2.61. The maximum absolute atomic E-state index is 14.7. The largest absolute Gasteiger partial charge is 0.444 e. The molecular weight excluding hydrogens is 511 g/mol. The topological polar surface area (TPSA) is 110 Å². The number of ether oxygens (including phenoxy) is 1. The zero-order valence-corrected chi connectivity index (χ0v) is 18.9. The number of hydrogen-bond acceptors (Lipinski definition) is 6. The van der Waals surface area contributed by atoms with Crippen LogP contribution >= 0.6 is 22.6 Å². The highest BCUT2D eigenvalue weighted by Gasteiger charge is 2.46. The van der Waals surface area contributed by atoms with Gasteiger partial charge in [-0.3, -0.25) is 4.79 Å². The monoisotopic (exact) mass is 533 g/mol. The first kappa shape index (κ1) is 22.4. The predicted octanol–water partition coefficient (Wildman–Crippen LogP) is 3.39. The molecule has 2 heterocycles. The number of piperidine rings is 1. The Morgan fingerprint density at radius 1 is 1.33 bits per heavy atom. The van der Waals surface area contributed by atoms with Crippen LogP contribution in [0.5, 0.6) is 0 Å². The van der Waals surface area contributed by atoms with Crippen LogP contribution in [0.3, 0.4) is 0 Å². The van der Waals surface area contributed by atoms with Crippen LogP contribution in [0, 0.1) is 3.57 Å². The summed E-state index contributed by atoms with van der Waals surface area (Å²) < 4.78 is 35.3. The van der Waals surface area contributed by atoms with E-state index >= 15 is 0 Å². The molecule has 0 bridgehead atoms. The van der Waals surface area contributed by atoms with Crippen molar-refractivity contribution in [3.05, 3.63) is 27.6 Å². The Morgan fingerprint density at radius 3 is 2.67 bits per heavy atom. The third-order valence-electron chi connectivity index (χ3n) is 4.56. The van der Waals surface area contributed by atoms with Crippen molar-refractivity contribution < 1.29 is 23.1 Å². The minimum Gasteiger partial charge on any atom is -0.444 e. The fourth-order valence-corrected chi connectivity index (χ4v) is 3.77. The van der Waals surface area contributed by atoms with E-state index in [-0.39, 0.29) is 30.0 Å². The van der Waals surface area contributed by atoms with Gasteiger partial charge in [0.2, 0.25) is 0 Å². The summed E-state index contributed by atoms with van der Waals surface area (Å²) in [5, 5.41) is 3.14. The molecular formula is C19H22F2IN5O3. The lowest BCUT2D eigenvalue weighted by molar-refractivity contribution is -0.0683. The molecule has 11 heteroatoms. The molecule has 0 radical (unpaired) electrons. The summed E-state index contributed by atoms with van der Waals surface area (Å²) in [5.74, 6) is -3.62. The summed E-state index contributed by atoms with van der Waals surface area (Å²) in [7, 11) is 0. The number of carbonyl (C=O) groups excluding carboxylic acids is 2. The Kier molecular flexibility index (Phi) is 6.03. The van der Waals surface area contributed by atoms with E-state index in [9.17, 15) is 18.4 Å². The van der Waals surface area contributed by atoms with Gasteiger partial charge < -0.3 is 20.7 Å². The highest BCUT2D eigenvalue weighted by atomic mass is 127. The van der Waals surface area contributed by atoms with Crippen LogP contribution in [0.4, 0.5) is 19.4 Å². The van der Waals surface area contributed by atoms with E-state index in [0.717, 1.165) is 0 Å². The van der Waals surface area contributed by atoms with E-state index in [1.165, 1.54) is 11.2 Å². The number of nitrogens with two attached hydrogens (primary N) is 1. The number of nitrogens with one attached hydrogen (secondary N) is 1. The molecule has 1 atom stereocenters. The molecule has 1 aliphatic rings. The summed E-state index contributed by atoms with van der Waals surface area (Å²) in [6.07, 6.45) is 0.0102. The predicted molar refractivity (Wildman–Crippen MR) is 116 cm³/mol. The zero-order valence-electron chi connectivity index (χ0n) is 16.7. The SMILES string of the molecule is CC(C)(C)OC(=O)N1CCC(F)(F)[C@H](Nc2ncnc3c(C(N)=O)cc(I)cc23)C1. The van der Waals surface area contributed by atoms with Gasteiger partial charge in [-0.15, -0.1) is 0 Å². The number of likely N-dealkylation sites (tertiary alicyclic amines) is 1.